The van der Waals surface area contributed by atoms with Crippen LogP contribution in [0.15, 0.2) is 9.00 Å². The summed E-state index contributed by atoms with van der Waals surface area (Å²) in [5.41, 5.74) is 6.57. The highest BCUT2D eigenvalue weighted by molar-refractivity contribution is 9.10. The average Bonchev–Trinajstić information content (AvgIpc) is 2.16. The fraction of sp³-hybridized carbons (Fsp3) is 0.625. The summed E-state index contributed by atoms with van der Waals surface area (Å²) in [5.74, 6) is 0.356. The van der Waals surface area contributed by atoms with Gasteiger partial charge < -0.3 is 10.3 Å². The van der Waals surface area contributed by atoms with Gasteiger partial charge in [0.1, 0.15) is 10.2 Å². The molecule has 0 aromatic carbocycles. The van der Waals surface area contributed by atoms with E-state index in [4.69, 9.17) is 10.3 Å². The number of halogens is 1. The molecule has 1 rings (SSSR count). The molecule has 0 radical (unpaired) electrons. The molecule has 0 aliphatic rings. The second-order valence-corrected chi connectivity index (χ2v) is 4.84. The summed E-state index contributed by atoms with van der Waals surface area (Å²) in [6, 6.07) is 0. The zero-order chi connectivity index (χ0) is 9.35. The molecule has 4 heteroatoms. The summed E-state index contributed by atoms with van der Waals surface area (Å²) in [7, 11) is 0. The first-order valence-corrected chi connectivity index (χ1v) is 4.59. The Hall–Kier alpha value is -0.510. The topological polar surface area (TPSA) is 52.0 Å². The molecule has 0 atom stereocenters. The molecular weight excluding hydrogens is 220 g/mol. The molecule has 0 saturated heterocycles. The maximum absolute atomic E-state index is 5.48. The van der Waals surface area contributed by atoms with E-state index in [1.54, 1.807) is 0 Å². The van der Waals surface area contributed by atoms with Crippen molar-refractivity contribution in [3.05, 3.63) is 10.2 Å². The van der Waals surface area contributed by atoms with Gasteiger partial charge >= 0.3 is 0 Å². The first-order valence-electron chi connectivity index (χ1n) is 3.80. The van der Waals surface area contributed by atoms with Crippen LogP contribution in [-0.2, 0) is 6.42 Å². The van der Waals surface area contributed by atoms with Crippen LogP contribution < -0.4 is 5.73 Å². The van der Waals surface area contributed by atoms with Crippen molar-refractivity contribution >= 4 is 21.8 Å². The maximum Gasteiger partial charge on any atom is 0.236 e. The summed E-state index contributed by atoms with van der Waals surface area (Å²) in [4.78, 5) is 0. The standard InChI is InChI=1S/C8H13BrN2O/c1-8(2,3)4-5-6(9)7(10)12-11-5/h4,10H2,1-3H3. The lowest BCUT2D eigenvalue weighted by molar-refractivity contribution is 0.376. The van der Waals surface area contributed by atoms with Gasteiger partial charge in [0.25, 0.3) is 0 Å². The quantitative estimate of drug-likeness (QED) is 0.811. The van der Waals surface area contributed by atoms with Gasteiger partial charge in [-0.1, -0.05) is 25.9 Å². The van der Waals surface area contributed by atoms with Crippen LogP contribution in [0.1, 0.15) is 26.5 Å². The Bertz CT molecular complexity index is 275. The molecule has 0 spiro atoms. The van der Waals surface area contributed by atoms with Crippen molar-refractivity contribution in [2.75, 3.05) is 5.73 Å². The highest BCUT2D eigenvalue weighted by atomic mass is 79.9. The van der Waals surface area contributed by atoms with Crippen molar-refractivity contribution in [2.24, 2.45) is 5.41 Å². The molecule has 68 valence electrons. The molecule has 0 bridgehead atoms. The van der Waals surface area contributed by atoms with Crippen LogP contribution in [0.5, 0.6) is 0 Å². The average molecular weight is 233 g/mol. The van der Waals surface area contributed by atoms with Gasteiger partial charge in [-0.05, 0) is 27.8 Å². The second kappa shape index (κ2) is 3.09. The molecule has 3 nitrogen and oxygen atoms in total. The zero-order valence-electron chi connectivity index (χ0n) is 7.52. The van der Waals surface area contributed by atoms with E-state index in [0.717, 1.165) is 16.6 Å². The molecule has 0 unspecified atom stereocenters. The third kappa shape index (κ3) is 2.24. The van der Waals surface area contributed by atoms with E-state index in [9.17, 15) is 0 Å². The summed E-state index contributed by atoms with van der Waals surface area (Å²) >= 11 is 3.32. The van der Waals surface area contributed by atoms with Gasteiger partial charge in [0, 0.05) is 0 Å². The third-order valence-electron chi connectivity index (χ3n) is 1.42. The minimum absolute atomic E-state index is 0.200. The molecule has 0 aliphatic carbocycles. The molecule has 0 saturated carbocycles. The zero-order valence-corrected chi connectivity index (χ0v) is 9.10. The lowest BCUT2D eigenvalue weighted by Gasteiger charge is -2.15. The number of nitrogens with zero attached hydrogens (tertiary/aromatic N) is 1. The Kier molecular flexibility index (Phi) is 2.46. The molecule has 1 aromatic heterocycles. The molecule has 0 fully saturated rings. The van der Waals surface area contributed by atoms with Crippen molar-refractivity contribution in [1.29, 1.82) is 0 Å². The van der Waals surface area contributed by atoms with E-state index in [2.05, 4.69) is 41.9 Å². The fourth-order valence-corrected chi connectivity index (χ4v) is 1.22. The Labute approximate surface area is 80.4 Å². The Balaban J connectivity index is 2.83. The van der Waals surface area contributed by atoms with E-state index < -0.39 is 0 Å². The maximum atomic E-state index is 5.48. The Morgan fingerprint density at radius 2 is 2.08 bits per heavy atom. The summed E-state index contributed by atoms with van der Waals surface area (Å²) in [5, 5.41) is 3.85. The highest BCUT2D eigenvalue weighted by Crippen LogP contribution is 2.29. The molecule has 1 heterocycles. The summed E-state index contributed by atoms with van der Waals surface area (Å²) < 4.78 is 5.61. The van der Waals surface area contributed by atoms with Gasteiger partial charge in [-0.25, -0.2) is 0 Å². The van der Waals surface area contributed by atoms with E-state index >= 15 is 0 Å². The Morgan fingerprint density at radius 3 is 2.42 bits per heavy atom. The summed E-state index contributed by atoms with van der Waals surface area (Å²) in [6.45, 7) is 6.43. The van der Waals surface area contributed by atoms with Gasteiger partial charge in [-0.3, -0.25) is 0 Å². The Morgan fingerprint density at radius 1 is 1.50 bits per heavy atom. The first kappa shape index (κ1) is 9.58. The lowest BCUT2D eigenvalue weighted by Crippen LogP contribution is -2.09. The van der Waals surface area contributed by atoms with Gasteiger partial charge in [0.2, 0.25) is 5.88 Å². The third-order valence-corrected chi connectivity index (χ3v) is 2.27. The molecule has 12 heavy (non-hydrogen) atoms. The van der Waals surface area contributed by atoms with Crippen LogP contribution in [-0.4, -0.2) is 5.16 Å². The highest BCUT2D eigenvalue weighted by Gasteiger charge is 2.18. The van der Waals surface area contributed by atoms with E-state index in [-0.39, 0.29) is 5.41 Å². The van der Waals surface area contributed by atoms with E-state index in [1.165, 1.54) is 0 Å². The van der Waals surface area contributed by atoms with Crippen LogP contribution in [0, 0.1) is 5.41 Å². The molecule has 0 aliphatic heterocycles. The number of nitrogens with two attached hydrogens (primary N) is 1. The predicted molar refractivity (Wildman–Crippen MR) is 51.8 cm³/mol. The monoisotopic (exact) mass is 232 g/mol. The van der Waals surface area contributed by atoms with Crippen LogP contribution in [0.25, 0.3) is 0 Å². The SMILES string of the molecule is CC(C)(C)Cc1noc(N)c1Br. The lowest BCUT2D eigenvalue weighted by atomic mass is 9.91. The molecular formula is C8H13BrN2O. The predicted octanol–water partition coefficient (Wildman–Crippen LogP) is 2.61. The van der Waals surface area contributed by atoms with Gasteiger partial charge in [-0.2, -0.15) is 0 Å². The number of hydrogen-bond acceptors (Lipinski definition) is 3. The van der Waals surface area contributed by atoms with Crippen LogP contribution in [0.3, 0.4) is 0 Å². The van der Waals surface area contributed by atoms with Gasteiger partial charge in [0.05, 0.1) is 0 Å². The molecule has 1 aromatic rings. The van der Waals surface area contributed by atoms with Crippen molar-refractivity contribution in [3.8, 4) is 0 Å². The molecule has 2 N–H and O–H groups in total. The van der Waals surface area contributed by atoms with E-state index in [0.29, 0.717) is 5.88 Å². The summed E-state index contributed by atoms with van der Waals surface area (Å²) in [6.07, 6.45) is 0.855. The van der Waals surface area contributed by atoms with Crippen LogP contribution >= 0.6 is 15.9 Å². The van der Waals surface area contributed by atoms with E-state index in [1.807, 2.05) is 0 Å². The molecule has 0 amide bonds. The largest absolute Gasteiger partial charge is 0.367 e. The van der Waals surface area contributed by atoms with Gasteiger partial charge in [0.15, 0.2) is 0 Å². The van der Waals surface area contributed by atoms with Crippen molar-refractivity contribution in [1.82, 2.24) is 5.16 Å². The number of anilines is 1. The number of aromatic nitrogens is 1. The minimum Gasteiger partial charge on any atom is -0.367 e. The second-order valence-electron chi connectivity index (χ2n) is 4.04. The first-order chi connectivity index (χ1) is 5.40. The van der Waals surface area contributed by atoms with Crippen molar-refractivity contribution in [3.63, 3.8) is 0 Å². The number of rotatable bonds is 1. The smallest absolute Gasteiger partial charge is 0.236 e. The van der Waals surface area contributed by atoms with Crippen molar-refractivity contribution < 1.29 is 4.52 Å². The van der Waals surface area contributed by atoms with Crippen LogP contribution in [0.2, 0.25) is 0 Å². The van der Waals surface area contributed by atoms with Crippen molar-refractivity contribution in [2.45, 2.75) is 27.2 Å². The minimum atomic E-state index is 0.200. The number of nitrogen functional groups attached to an aromatic ring is 1. The van der Waals surface area contributed by atoms with Gasteiger partial charge in [-0.15, -0.1) is 0 Å². The number of hydrogen-bond donors (Lipinski definition) is 1. The van der Waals surface area contributed by atoms with Crippen LogP contribution in [0.4, 0.5) is 5.88 Å². The normalized spacial score (nSPS) is 12.0. The fourth-order valence-electron chi connectivity index (χ4n) is 0.939.